The van der Waals surface area contributed by atoms with Gasteiger partial charge in [0.2, 0.25) is 10.0 Å². The van der Waals surface area contributed by atoms with Gasteiger partial charge in [0.15, 0.2) is 0 Å². The van der Waals surface area contributed by atoms with Gasteiger partial charge in [-0.05, 0) is 0 Å². The summed E-state index contributed by atoms with van der Waals surface area (Å²) >= 11 is 0. The van der Waals surface area contributed by atoms with E-state index in [1.807, 2.05) is 0 Å². The Balaban J connectivity index is 2.91. The maximum Gasteiger partial charge on any atom is 0.246 e. The molecule has 0 saturated carbocycles. The number of amidine groups is 1. The van der Waals surface area contributed by atoms with Gasteiger partial charge in [-0.2, -0.15) is 9.40 Å². The molecule has 10 heteroatoms. The number of nitrogens with two attached hydrogens (primary N) is 1. The van der Waals surface area contributed by atoms with Crippen LogP contribution < -0.4 is 5.73 Å². The minimum atomic E-state index is -3.68. The molecule has 0 spiro atoms. The number of aryl methyl sites for hydroxylation is 1. The number of oxime groups is 1. The zero-order valence-corrected chi connectivity index (χ0v) is 12.2. The molecule has 0 aliphatic heterocycles. The number of ether oxygens (including phenoxy) is 1. The third kappa shape index (κ3) is 4.18. The van der Waals surface area contributed by atoms with Crippen molar-refractivity contribution in [2.75, 3.05) is 26.8 Å². The van der Waals surface area contributed by atoms with Gasteiger partial charge >= 0.3 is 0 Å². The second-order valence-corrected chi connectivity index (χ2v) is 6.03. The highest BCUT2D eigenvalue weighted by Crippen LogP contribution is 2.14. The van der Waals surface area contributed by atoms with Crippen LogP contribution >= 0.6 is 0 Å². The van der Waals surface area contributed by atoms with Crippen molar-refractivity contribution in [1.82, 2.24) is 14.1 Å². The van der Waals surface area contributed by atoms with E-state index >= 15 is 0 Å². The lowest BCUT2D eigenvalue weighted by molar-refractivity contribution is 0.179. The smallest absolute Gasteiger partial charge is 0.246 e. The topological polar surface area (TPSA) is 123 Å². The Kier molecular flexibility index (Phi) is 5.92. The normalized spacial score (nSPS) is 13.1. The highest BCUT2D eigenvalue weighted by Gasteiger charge is 2.25. The minimum Gasteiger partial charge on any atom is -0.409 e. The molecule has 0 aliphatic rings. The van der Waals surface area contributed by atoms with Gasteiger partial charge in [-0.15, -0.1) is 0 Å². The van der Waals surface area contributed by atoms with Crippen molar-refractivity contribution in [3.63, 3.8) is 0 Å². The molecular formula is C10H19N5O4S. The highest BCUT2D eigenvalue weighted by atomic mass is 32.2. The summed E-state index contributed by atoms with van der Waals surface area (Å²) in [6.07, 6.45) is 2.82. The van der Waals surface area contributed by atoms with Gasteiger partial charge in [0.1, 0.15) is 10.7 Å². The first-order valence-electron chi connectivity index (χ1n) is 5.86. The van der Waals surface area contributed by atoms with Crippen molar-refractivity contribution in [2.24, 2.45) is 17.9 Å². The second kappa shape index (κ2) is 7.22. The van der Waals surface area contributed by atoms with Crippen LogP contribution in [0.4, 0.5) is 0 Å². The summed E-state index contributed by atoms with van der Waals surface area (Å²) in [5.74, 6) is -0.0335. The summed E-state index contributed by atoms with van der Waals surface area (Å²) < 4.78 is 32.4. The molecule has 0 saturated heterocycles. The molecule has 0 aliphatic carbocycles. The van der Waals surface area contributed by atoms with Crippen LogP contribution in [0.3, 0.4) is 0 Å². The predicted octanol–water partition coefficient (Wildman–Crippen LogP) is -0.806. The average Bonchev–Trinajstić information content (AvgIpc) is 2.85. The Labute approximate surface area is 117 Å². The first-order valence-corrected chi connectivity index (χ1v) is 7.30. The van der Waals surface area contributed by atoms with Crippen LogP contribution in [-0.2, 0) is 21.8 Å². The largest absolute Gasteiger partial charge is 0.409 e. The molecule has 1 heterocycles. The first-order chi connectivity index (χ1) is 9.41. The predicted molar refractivity (Wildman–Crippen MR) is 71.9 cm³/mol. The van der Waals surface area contributed by atoms with Gasteiger partial charge in [0.25, 0.3) is 0 Å². The number of hydrogen-bond acceptors (Lipinski definition) is 6. The van der Waals surface area contributed by atoms with E-state index in [9.17, 15) is 8.42 Å². The SMILES string of the molecule is COCCN(CCC(N)=NO)S(=O)(=O)c1cnn(C)c1. The van der Waals surface area contributed by atoms with Gasteiger partial charge in [0, 0.05) is 39.9 Å². The standard InChI is InChI=1S/C10H19N5O4S/c1-14-8-9(7-12-14)20(17,18)15(5-6-19-2)4-3-10(11)13-16/h7-8,16H,3-6H2,1-2H3,(H2,11,13). The molecule has 0 aromatic carbocycles. The van der Waals surface area contributed by atoms with Crippen LogP contribution in [0.2, 0.25) is 0 Å². The lowest BCUT2D eigenvalue weighted by Gasteiger charge is -2.20. The van der Waals surface area contributed by atoms with Crippen molar-refractivity contribution >= 4 is 15.9 Å². The molecule has 20 heavy (non-hydrogen) atoms. The molecule has 0 amide bonds. The van der Waals surface area contributed by atoms with Crippen molar-refractivity contribution in [1.29, 1.82) is 0 Å². The number of hydrogen-bond donors (Lipinski definition) is 2. The Morgan fingerprint density at radius 3 is 2.80 bits per heavy atom. The molecule has 0 bridgehead atoms. The monoisotopic (exact) mass is 305 g/mol. The van der Waals surface area contributed by atoms with E-state index in [0.717, 1.165) is 0 Å². The Morgan fingerprint density at radius 1 is 1.60 bits per heavy atom. The summed E-state index contributed by atoms with van der Waals surface area (Å²) in [5.41, 5.74) is 5.37. The fraction of sp³-hybridized carbons (Fsp3) is 0.600. The molecule has 1 aromatic rings. The quantitative estimate of drug-likeness (QED) is 0.280. The zero-order valence-electron chi connectivity index (χ0n) is 11.4. The highest BCUT2D eigenvalue weighted by molar-refractivity contribution is 7.89. The molecule has 1 rings (SSSR count). The summed E-state index contributed by atoms with van der Waals surface area (Å²) in [6, 6.07) is 0. The summed E-state index contributed by atoms with van der Waals surface area (Å²) in [4.78, 5) is 0.0932. The van der Waals surface area contributed by atoms with E-state index in [1.54, 1.807) is 7.05 Å². The molecule has 0 radical (unpaired) electrons. The van der Waals surface area contributed by atoms with Crippen LogP contribution in [0.25, 0.3) is 0 Å². The minimum absolute atomic E-state index is 0.0335. The van der Waals surface area contributed by atoms with Crippen molar-refractivity contribution in [2.45, 2.75) is 11.3 Å². The number of nitrogens with zero attached hydrogens (tertiary/aromatic N) is 4. The van der Waals surface area contributed by atoms with Gasteiger partial charge in [0.05, 0.1) is 12.8 Å². The molecule has 0 fully saturated rings. The van der Waals surface area contributed by atoms with Crippen LogP contribution in [0, 0.1) is 0 Å². The second-order valence-electron chi connectivity index (χ2n) is 4.09. The fourth-order valence-electron chi connectivity index (χ4n) is 1.52. The Hall–Kier alpha value is -1.65. The first kappa shape index (κ1) is 16.4. The summed E-state index contributed by atoms with van der Waals surface area (Å²) in [6.45, 7) is 0.512. The van der Waals surface area contributed by atoms with Gasteiger partial charge in [-0.3, -0.25) is 4.68 Å². The molecule has 0 atom stereocenters. The summed E-state index contributed by atoms with van der Waals surface area (Å²) in [5, 5.41) is 15.2. The Bertz CT molecular complexity index is 554. The average molecular weight is 305 g/mol. The summed E-state index contributed by atoms with van der Waals surface area (Å²) in [7, 11) is -0.560. The number of rotatable bonds is 8. The van der Waals surface area contributed by atoms with Crippen LogP contribution in [0.15, 0.2) is 22.4 Å². The maximum atomic E-state index is 12.4. The van der Waals surface area contributed by atoms with E-state index in [4.69, 9.17) is 15.7 Å². The zero-order chi connectivity index (χ0) is 15.2. The van der Waals surface area contributed by atoms with Crippen molar-refractivity contribution in [3.05, 3.63) is 12.4 Å². The van der Waals surface area contributed by atoms with Crippen molar-refractivity contribution < 1.29 is 18.4 Å². The van der Waals surface area contributed by atoms with E-state index in [-0.39, 0.29) is 36.8 Å². The Morgan fingerprint density at radius 2 is 2.30 bits per heavy atom. The van der Waals surface area contributed by atoms with E-state index in [2.05, 4.69) is 10.3 Å². The third-order valence-corrected chi connectivity index (χ3v) is 4.46. The van der Waals surface area contributed by atoms with Crippen LogP contribution in [0.5, 0.6) is 0 Å². The lowest BCUT2D eigenvalue weighted by atomic mass is 10.4. The fourth-order valence-corrected chi connectivity index (χ4v) is 2.93. The third-order valence-electron chi connectivity index (χ3n) is 2.61. The number of aromatic nitrogens is 2. The van der Waals surface area contributed by atoms with E-state index < -0.39 is 10.0 Å². The van der Waals surface area contributed by atoms with Crippen LogP contribution in [0.1, 0.15) is 6.42 Å². The molecule has 3 N–H and O–H groups in total. The molecule has 9 nitrogen and oxygen atoms in total. The van der Waals surface area contributed by atoms with Gasteiger partial charge in [-0.1, -0.05) is 5.16 Å². The van der Waals surface area contributed by atoms with Crippen molar-refractivity contribution in [3.8, 4) is 0 Å². The number of sulfonamides is 1. The van der Waals surface area contributed by atoms with Crippen LogP contribution in [-0.4, -0.2) is 60.4 Å². The molecule has 1 aromatic heterocycles. The maximum absolute atomic E-state index is 12.4. The van der Waals surface area contributed by atoms with E-state index in [1.165, 1.54) is 28.5 Å². The molecular weight excluding hydrogens is 286 g/mol. The molecule has 0 unspecified atom stereocenters. The van der Waals surface area contributed by atoms with E-state index in [0.29, 0.717) is 0 Å². The molecule has 114 valence electrons. The number of methoxy groups -OCH3 is 1. The lowest BCUT2D eigenvalue weighted by Crippen LogP contribution is -2.36. The van der Waals surface area contributed by atoms with Gasteiger partial charge < -0.3 is 15.7 Å². The van der Waals surface area contributed by atoms with Gasteiger partial charge in [-0.25, -0.2) is 8.42 Å².